The molecule has 0 fully saturated rings. The fourth-order valence-corrected chi connectivity index (χ4v) is 2.35. The van der Waals surface area contributed by atoms with Crippen molar-refractivity contribution in [1.82, 2.24) is 0 Å². The van der Waals surface area contributed by atoms with E-state index in [4.69, 9.17) is 0 Å². The number of hydrogen-bond acceptors (Lipinski definition) is 4. The third kappa shape index (κ3) is 4.61. The first-order chi connectivity index (χ1) is 12.1. The van der Waals surface area contributed by atoms with Crippen LogP contribution in [0, 0.1) is 11.3 Å². The first-order valence-electron chi connectivity index (χ1n) is 8.11. The van der Waals surface area contributed by atoms with Gasteiger partial charge in [0.15, 0.2) is 0 Å². The van der Waals surface area contributed by atoms with E-state index in [1.54, 1.807) is 18.2 Å². The van der Waals surface area contributed by atoms with Crippen LogP contribution in [0.5, 0.6) is 5.75 Å². The highest BCUT2D eigenvalue weighted by Crippen LogP contribution is 2.27. The van der Waals surface area contributed by atoms with Crippen LogP contribution in [0.15, 0.2) is 60.3 Å². The molecule has 0 saturated carbocycles. The van der Waals surface area contributed by atoms with E-state index in [-0.39, 0.29) is 17.0 Å². The molecule has 0 aliphatic rings. The molecule has 25 heavy (non-hydrogen) atoms. The Labute approximate surface area is 147 Å². The van der Waals surface area contributed by atoms with Gasteiger partial charge in [0.2, 0.25) is 0 Å². The Balaban J connectivity index is 2.17. The third-order valence-electron chi connectivity index (χ3n) is 3.99. The zero-order valence-electron chi connectivity index (χ0n) is 14.3. The molecular formula is C20H21N3O2. The van der Waals surface area contributed by atoms with Crippen molar-refractivity contribution in [2.24, 2.45) is 0 Å². The average Bonchev–Trinajstić information content (AvgIpc) is 2.64. The lowest BCUT2D eigenvalue weighted by atomic mass is 9.97. The first-order valence-corrected chi connectivity index (χ1v) is 8.11. The second-order valence-electron chi connectivity index (χ2n) is 5.68. The van der Waals surface area contributed by atoms with E-state index in [0.717, 1.165) is 17.7 Å². The molecular weight excluding hydrogens is 314 g/mol. The molecule has 2 aromatic carbocycles. The van der Waals surface area contributed by atoms with Gasteiger partial charge in [0.1, 0.15) is 17.4 Å². The highest BCUT2D eigenvalue weighted by Gasteiger charge is 2.12. The summed E-state index contributed by atoms with van der Waals surface area (Å²) in [5.41, 5.74) is 2.16. The predicted molar refractivity (Wildman–Crippen MR) is 99.2 cm³/mol. The number of nitriles is 1. The van der Waals surface area contributed by atoms with E-state index in [1.807, 2.05) is 30.3 Å². The summed E-state index contributed by atoms with van der Waals surface area (Å²) in [6, 6.07) is 16.0. The minimum absolute atomic E-state index is 0.0526. The van der Waals surface area contributed by atoms with Crippen molar-refractivity contribution in [2.75, 3.05) is 10.6 Å². The Morgan fingerprint density at radius 1 is 1.20 bits per heavy atom. The van der Waals surface area contributed by atoms with Crippen molar-refractivity contribution < 1.29 is 9.90 Å². The molecule has 0 saturated heterocycles. The van der Waals surface area contributed by atoms with Crippen molar-refractivity contribution in [1.29, 1.82) is 5.26 Å². The van der Waals surface area contributed by atoms with E-state index in [2.05, 4.69) is 24.5 Å². The number of phenolic OH excluding ortho intramolecular Hbond substituents is 1. The Morgan fingerprint density at radius 3 is 2.48 bits per heavy atom. The summed E-state index contributed by atoms with van der Waals surface area (Å²) in [5.74, 6) is -0.279. The molecule has 0 aliphatic carbocycles. The molecule has 1 atom stereocenters. The number of para-hydroxylation sites is 3. The van der Waals surface area contributed by atoms with Crippen LogP contribution in [0.3, 0.4) is 0 Å². The zero-order valence-corrected chi connectivity index (χ0v) is 14.3. The van der Waals surface area contributed by atoms with Gasteiger partial charge in [0.05, 0.1) is 5.69 Å². The minimum atomic E-state index is -0.586. The van der Waals surface area contributed by atoms with E-state index < -0.39 is 5.91 Å². The van der Waals surface area contributed by atoms with E-state index in [9.17, 15) is 15.2 Å². The number of aromatic hydroxyl groups is 1. The van der Waals surface area contributed by atoms with Crippen LogP contribution in [0.2, 0.25) is 0 Å². The van der Waals surface area contributed by atoms with Crippen LogP contribution in [-0.4, -0.2) is 11.0 Å². The maximum atomic E-state index is 12.2. The lowest BCUT2D eigenvalue weighted by molar-refractivity contribution is -0.112. The quantitative estimate of drug-likeness (QED) is 0.416. The largest absolute Gasteiger partial charge is 0.506 e. The molecule has 0 aromatic heterocycles. The van der Waals surface area contributed by atoms with Gasteiger partial charge >= 0.3 is 0 Å². The van der Waals surface area contributed by atoms with Gasteiger partial charge < -0.3 is 15.7 Å². The number of phenols is 1. The normalized spacial score (nSPS) is 12.1. The van der Waals surface area contributed by atoms with Crippen LogP contribution in [-0.2, 0) is 4.79 Å². The number of carbonyl (C=O) groups excluding carboxylic acids is 1. The van der Waals surface area contributed by atoms with Crippen LogP contribution < -0.4 is 10.6 Å². The van der Waals surface area contributed by atoms with Crippen molar-refractivity contribution in [2.45, 2.75) is 26.2 Å². The minimum Gasteiger partial charge on any atom is -0.506 e. The lowest BCUT2D eigenvalue weighted by Gasteiger charge is -2.14. The number of hydrogen-bond donors (Lipinski definition) is 3. The molecule has 128 valence electrons. The smallest absolute Gasteiger partial charge is 0.267 e. The van der Waals surface area contributed by atoms with E-state index in [1.165, 1.54) is 12.3 Å². The van der Waals surface area contributed by atoms with Gasteiger partial charge in [-0.05, 0) is 36.1 Å². The molecule has 5 heteroatoms. The zero-order chi connectivity index (χ0) is 18.2. The maximum absolute atomic E-state index is 12.2. The van der Waals surface area contributed by atoms with E-state index in [0.29, 0.717) is 5.92 Å². The number of amides is 1. The molecule has 0 bridgehead atoms. The summed E-state index contributed by atoms with van der Waals surface area (Å²) in [6.07, 6.45) is 2.37. The van der Waals surface area contributed by atoms with Crippen molar-refractivity contribution in [3.8, 4) is 11.8 Å². The summed E-state index contributed by atoms with van der Waals surface area (Å²) >= 11 is 0. The topological polar surface area (TPSA) is 85.2 Å². The number of carbonyl (C=O) groups is 1. The van der Waals surface area contributed by atoms with Crippen LogP contribution >= 0.6 is 0 Å². The number of benzene rings is 2. The number of nitrogens with zero attached hydrogens (tertiary/aromatic N) is 1. The van der Waals surface area contributed by atoms with Crippen LogP contribution in [0.4, 0.5) is 11.4 Å². The van der Waals surface area contributed by atoms with Gasteiger partial charge in [0.25, 0.3) is 5.91 Å². The standard InChI is InChI=1S/C20H21N3O2/c1-3-14(2)16-8-4-5-9-17(16)22-13-15(12-21)20(25)23-18-10-6-7-11-19(18)24/h4-11,13-14,22,24H,3H2,1-2H3,(H,23,25)/b15-13-. The summed E-state index contributed by atoms with van der Waals surface area (Å²) < 4.78 is 0. The molecule has 0 heterocycles. The maximum Gasteiger partial charge on any atom is 0.267 e. The van der Waals surface area contributed by atoms with Gasteiger partial charge in [-0.2, -0.15) is 5.26 Å². The summed E-state index contributed by atoms with van der Waals surface area (Å²) in [6.45, 7) is 4.23. The molecule has 3 N–H and O–H groups in total. The van der Waals surface area contributed by atoms with Gasteiger partial charge in [-0.1, -0.05) is 44.2 Å². The number of nitrogens with one attached hydrogen (secondary N) is 2. The van der Waals surface area contributed by atoms with Gasteiger partial charge in [-0.15, -0.1) is 0 Å². The molecule has 0 aliphatic heterocycles. The number of rotatable bonds is 6. The molecule has 2 aromatic rings. The Hall–Kier alpha value is -3.26. The van der Waals surface area contributed by atoms with Crippen LogP contribution in [0.1, 0.15) is 31.7 Å². The van der Waals surface area contributed by atoms with Crippen molar-refractivity contribution in [3.63, 3.8) is 0 Å². The fraction of sp³-hybridized carbons (Fsp3) is 0.200. The molecule has 1 amide bonds. The SMILES string of the molecule is CCC(C)c1ccccc1N/C=C(/C#N)C(=O)Nc1ccccc1O. The molecule has 2 rings (SSSR count). The highest BCUT2D eigenvalue weighted by atomic mass is 16.3. The van der Waals surface area contributed by atoms with Crippen LogP contribution in [0.25, 0.3) is 0 Å². The van der Waals surface area contributed by atoms with Crippen molar-refractivity contribution in [3.05, 3.63) is 65.9 Å². The summed E-state index contributed by atoms with van der Waals surface area (Å²) in [4.78, 5) is 12.2. The van der Waals surface area contributed by atoms with Crippen molar-refractivity contribution >= 4 is 17.3 Å². The molecule has 0 radical (unpaired) electrons. The molecule has 1 unspecified atom stereocenters. The average molecular weight is 335 g/mol. The monoisotopic (exact) mass is 335 g/mol. The lowest BCUT2D eigenvalue weighted by Crippen LogP contribution is -2.14. The number of anilines is 2. The Bertz CT molecular complexity index is 822. The summed E-state index contributed by atoms with van der Waals surface area (Å²) in [7, 11) is 0. The predicted octanol–water partition coefficient (Wildman–Crippen LogP) is 4.36. The third-order valence-corrected chi connectivity index (χ3v) is 3.99. The second-order valence-corrected chi connectivity index (χ2v) is 5.68. The highest BCUT2D eigenvalue weighted by molar-refractivity contribution is 6.07. The second kappa shape index (κ2) is 8.55. The van der Waals surface area contributed by atoms with Gasteiger partial charge in [-0.25, -0.2) is 0 Å². The van der Waals surface area contributed by atoms with E-state index >= 15 is 0 Å². The van der Waals surface area contributed by atoms with Gasteiger partial charge in [-0.3, -0.25) is 4.79 Å². The summed E-state index contributed by atoms with van der Waals surface area (Å²) in [5, 5.41) is 24.6. The fourth-order valence-electron chi connectivity index (χ4n) is 2.35. The Kier molecular flexibility index (Phi) is 6.19. The molecule has 0 spiro atoms. The Morgan fingerprint density at radius 2 is 1.84 bits per heavy atom. The molecule has 5 nitrogen and oxygen atoms in total. The van der Waals surface area contributed by atoms with Gasteiger partial charge in [0, 0.05) is 11.9 Å². The first kappa shape index (κ1) is 18.1.